The van der Waals surface area contributed by atoms with E-state index in [0.717, 1.165) is 89.2 Å². The molecule has 13 nitrogen and oxygen atoms in total. The van der Waals surface area contributed by atoms with Crippen LogP contribution in [0.15, 0.2) is 528 Å². The van der Waals surface area contributed by atoms with Gasteiger partial charge in [0.25, 0.3) is 0 Å². The number of rotatable bonds is 18. The van der Waals surface area contributed by atoms with Crippen molar-refractivity contribution in [3.63, 3.8) is 0 Å². The van der Waals surface area contributed by atoms with E-state index in [1.165, 1.54) is 86.4 Å². The Morgan fingerprint density at radius 3 is 0.639 bits per heavy atom. The first-order valence-corrected chi connectivity index (χ1v) is 50.1. The number of hydrogen-bond donors (Lipinski definition) is 0. The van der Waals surface area contributed by atoms with Gasteiger partial charge < -0.3 is 13.7 Å². The number of aromatic nitrogens is 12. The van der Waals surface area contributed by atoms with Crippen molar-refractivity contribution in [1.29, 1.82) is 5.26 Å². The summed E-state index contributed by atoms with van der Waals surface area (Å²) in [6.45, 7) is 0. The van der Waals surface area contributed by atoms with E-state index in [0.29, 0.717) is 58.0 Å². The summed E-state index contributed by atoms with van der Waals surface area (Å²) in [4.78, 5) is 43.9. The molecule has 0 fully saturated rings. The number of benzene rings is 20. The predicted octanol–water partition coefficient (Wildman–Crippen LogP) is 28.5. The first kappa shape index (κ1) is 87.3. The quantitative estimate of drug-likeness (QED) is 0.0599. The molecule has 0 aliphatic carbocycles. The summed E-state index contributed by atoms with van der Waals surface area (Å²) in [7, 11) is -2.62. The molecule has 144 heavy (non-hydrogen) atoms. The van der Waals surface area contributed by atoms with Gasteiger partial charge in [0, 0.05) is 99.5 Å². The van der Waals surface area contributed by atoms with Crippen LogP contribution in [0.3, 0.4) is 0 Å². The molecule has 14 heteroatoms. The van der Waals surface area contributed by atoms with E-state index in [4.69, 9.17) is 44.9 Å². The lowest BCUT2D eigenvalue weighted by Crippen LogP contribution is -2.74. The fraction of sp³-hybridized carbons (Fsp3) is 0. The molecule has 0 radical (unpaired) electrons. The molecule has 0 aliphatic heterocycles. The minimum absolute atomic E-state index is 0.530. The van der Waals surface area contributed by atoms with Gasteiger partial charge in [-0.15, -0.1) is 0 Å². The van der Waals surface area contributed by atoms with Crippen LogP contribution in [0.4, 0.5) is 0 Å². The van der Waals surface area contributed by atoms with Crippen molar-refractivity contribution in [3.05, 3.63) is 533 Å². The van der Waals surface area contributed by atoms with E-state index >= 15 is 0 Å². The molecule has 0 atom stereocenters. The number of nitriles is 1. The fourth-order valence-corrected chi connectivity index (χ4v) is 24.6. The number of para-hydroxylation sites is 4. The Balaban J connectivity index is 0.000000120. The lowest BCUT2D eigenvalue weighted by Gasteiger charge is -2.34. The summed E-state index contributed by atoms with van der Waals surface area (Å²) in [5.41, 5.74) is 23.8. The third-order valence-electron chi connectivity index (χ3n) is 26.8. The summed E-state index contributed by atoms with van der Waals surface area (Å²) in [6.07, 6.45) is 0. The van der Waals surface area contributed by atoms with Gasteiger partial charge in [0.15, 0.2) is 60.5 Å². The van der Waals surface area contributed by atoms with Crippen LogP contribution in [0.2, 0.25) is 0 Å². The van der Waals surface area contributed by atoms with Crippen LogP contribution >= 0.6 is 0 Å². The van der Waals surface area contributed by atoms with Crippen molar-refractivity contribution >= 4 is 94.2 Å². The molecule has 0 amide bonds. The first-order valence-electron chi connectivity index (χ1n) is 48.1. The molecular formula is C130H87N13Si. The molecule has 6 heterocycles. The highest BCUT2D eigenvalue weighted by molar-refractivity contribution is 7.19. The summed E-state index contributed by atoms with van der Waals surface area (Å²) in [5.74, 6) is 5.59. The molecule has 26 aromatic rings. The van der Waals surface area contributed by atoms with E-state index in [2.05, 4.69) is 372 Å². The van der Waals surface area contributed by atoms with Crippen molar-refractivity contribution in [2.24, 2.45) is 0 Å². The Labute approximate surface area is 833 Å². The third kappa shape index (κ3) is 17.0. The second-order valence-corrected chi connectivity index (χ2v) is 39.2. The highest BCUT2D eigenvalue weighted by atomic mass is 28.3. The van der Waals surface area contributed by atoms with Crippen LogP contribution in [0.25, 0.3) is 207 Å². The molecule has 676 valence electrons. The fourth-order valence-electron chi connectivity index (χ4n) is 19.9. The number of fused-ring (bicyclic) bond motifs is 9. The lowest BCUT2D eigenvalue weighted by molar-refractivity contribution is 1.07. The van der Waals surface area contributed by atoms with Crippen LogP contribution < -0.4 is 20.7 Å². The van der Waals surface area contributed by atoms with Crippen molar-refractivity contribution < 1.29 is 0 Å². The van der Waals surface area contributed by atoms with Gasteiger partial charge in [-0.25, -0.2) is 44.9 Å². The average Bonchev–Trinajstić information content (AvgIpc) is 0.868. The van der Waals surface area contributed by atoms with E-state index < -0.39 is 8.07 Å². The van der Waals surface area contributed by atoms with Gasteiger partial charge in [-0.05, 0) is 176 Å². The van der Waals surface area contributed by atoms with Gasteiger partial charge in [0.1, 0.15) is 0 Å². The Kier molecular flexibility index (Phi) is 23.6. The van der Waals surface area contributed by atoms with Crippen LogP contribution in [0.1, 0.15) is 5.56 Å². The highest BCUT2D eigenvalue weighted by Gasteiger charge is 2.41. The normalized spacial score (nSPS) is 11.3. The zero-order chi connectivity index (χ0) is 96.1. The van der Waals surface area contributed by atoms with Crippen LogP contribution in [-0.4, -0.2) is 66.6 Å². The Hall–Kier alpha value is -19.5. The van der Waals surface area contributed by atoms with Crippen molar-refractivity contribution in [3.8, 4) is 148 Å². The zero-order valence-corrected chi connectivity index (χ0v) is 79.0. The van der Waals surface area contributed by atoms with Crippen molar-refractivity contribution in [2.75, 3.05) is 0 Å². The molecule has 0 saturated heterocycles. The highest BCUT2D eigenvalue weighted by Crippen LogP contribution is 2.41. The second-order valence-electron chi connectivity index (χ2n) is 35.4. The number of hydrogen-bond acceptors (Lipinski definition) is 10. The molecule has 6 aromatic heterocycles. The van der Waals surface area contributed by atoms with Gasteiger partial charge in [0.2, 0.25) is 0 Å². The third-order valence-corrected chi connectivity index (χ3v) is 31.6. The summed E-state index contributed by atoms with van der Waals surface area (Å²) < 4.78 is 6.98. The van der Waals surface area contributed by atoms with Crippen LogP contribution in [0.5, 0.6) is 0 Å². The van der Waals surface area contributed by atoms with Crippen LogP contribution in [0, 0.1) is 11.3 Å². The standard InChI is InChI=1S/C57H40N4Si.C39H26N4.C34H21N5/c1-6-18-42(19-7-1)55-58-56(43-20-8-2-9-21-43)60-57(59-55)44-30-35-46(36-31-44)61-53-29-17-16-28-51(53)52-40-45(34-39-54(52)61)41-32-37-50(38-33-41)62(47-22-10-3-11-23-47,48-24-12-4-13-25-48)49-26-14-5-15-27-49;1-4-12-27(13-5-1)31-22-25-36-34(26-31)33-18-10-11-19-35(33)43(36)32-23-20-30(21-24-32)39-41-37(28-14-6-2-7-15-28)40-38(42-39)29-16-8-3-9-17-29;35-22-23-9-8-12-26(21-23)34-37-32(24-10-2-1-3-11-24)36-33(38-34)25-17-19-27(20-18-25)39-30-15-6-4-13-28(30)29-14-5-7-16-31(29)39/h1-40H;1-26H;1-21H. The molecular weight excluding hydrogens is 1770 g/mol. The van der Waals surface area contributed by atoms with Gasteiger partial charge in [0.05, 0.1) is 44.7 Å². The Morgan fingerprint density at radius 2 is 0.354 bits per heavy atom. The smallest absolute Gasteiger partial charge is 0.179 e. The van der Waals surface area contributed by atoms with Gasteiger partial charge in [-0.1, -0.05) is 394 Å². The van der Waals surface area contributed by atoms with Crippen molar-refractivity contribution in [1.82, 2.24) is 58.6 Å². The zero-order valence-electron chi connectivity index (χ0n) is 78.0. The molecule has 0 unspecified atom stereocenters. The number of nitrogens with zero attached hydrogens (tertiary/aromatic N) is 13. The monoisotopic (exact) mass is 1860 g/mol. The summed E-state index contributed by atoms with van der Waals surface area (Å²) >= 11 is 0. The Bertz CT molecular complexity index is 8930. The van der Waals surface area contributed by atoms with Gasteiger partial charge in [-0.2, -0.15) is 5.26 Å². The molecule has 26 rings (SSSR count). The minimum atomic E-state index is -2.62. The maximum Gasteiger partial charge on any atom is 0.179 e. The molecule has 0 N–H and O–H groups in total. The first-order chi connectivity index (χ1) is 71.3. The van der Waals surface area contributed by atoms with Gasteiger partial charge >= 0.3 is 0 Å². The Morgan fingerprint density at radius 1 is 0.153 bits per heavy atom. The van der Waals surface area contributed by atoms with E-state index in [-0.39, 0.29) is 0 Å². The summed E-state index contributed by atoms with van der Waals surface area (Å²) in [5, 5.41) is 22.2. The largest absolute Gasteiger partial charge is 0.309 e. The minimum Gasteiger partial charge on any atom is -0.309 e. The van der Waals surface area contributed by atoms with E-state index in [9.17, 15) is 5.26 Å². The molecule has 20 aromatic carbocycles. The lowest BCUT2D eigenvalue weighted by atomic mass is 10.0. The SMILES string of the molecule is N#Cc1cccc(-c2nc(-c3ccccc3)nc(-c3ccc(-n4c5ccccc5c5ccccc54)cc3)n2)c1.c1ccc(-c2ccc3c(c2)c2ccccc2n3-c2ccc(-c3nc(-c4ccccc4)nc(-c4ccccc4)n3)cc2)cc1.c1ccc(-c2nc(-c3ccccc3)nc(-c3ccc(-n4c5ccccc5c5cc(-c6ccc([Si](c7ccccc7)(c7ccccc7)c7ccccc7)cc6)ccc54)cc3)n2)cc1. The maximum atomic E-state index is 9.41. The predicted molar refractivity (Wildman–Crippen MR) is 591 cm³/mol. The topological polar surface area (TPSA) is 155 Å². The maximum absolute atomic E-state index is 9.41. The summed E-state index contributed by atoms with van der Waals surface area (Å²) in [6, 6.07) is 186. The second kappa shape index (κ2) is 38.8. The molecule has 0 bridgehead atoms. The average molecular weight is 1860 g/mol. The molecule has 0 aliphatic rings. The van der Waals surface area contributed by atoms with Gasteiger partial charge in [-0.3, -0.25) is 0 Å². The van der Waals surface area contributed by atoms with E-state index in [1.54, 1.807) is 12.1 Å². The van der Waals surface area contributed by atoms with Crippen molar-refractivity contribution in [2.45, 2.75) is 0 Å². The molecule has 0 saturated carbocycles. The molecule has 0 spiro atoms. The van der Waals surface area contributed by atoms with E-state index in [1.807, 2.05) is 164 Å². The van der Waals surface area contributed by atoms with Crippen LogP contribution in [-0.2, 0) is 0 Å².